The van der Waals surface area contributed by atoms with Gasteiger partial charge >= 0.3 is 6.09 Å². The standard InChI is InChI=1S/C41H51N7O5/c1-5-30-24-53-21-20-47(30)39(49)32-9-6-8-31(32)37-42-22-33(44-37)28-15-11-26(12-16-28)27-13-17-29(18-14-27)34-23-43-38(45-34)35-10-7-19-48(35)40(50)36(25(2)3)46-41(51)52-4/h11-18,22-23,25,30-32,35-36H,5-10,19-21,24H2,1-4H3,(H,42,44)(H,43,45)(H,46,51)/t30-,31-,32-,35+,36-/m1/s1. The van der Waals surface area contributed by atoms with Crippen LogP contribution >= 0.6 is 0 Å². The Labute approximate surface area is 311 Å². The monoisotopic (exact) mass is 721 g/mol. The summed E-state index contributed by atoms with van der Waals surface area (Å²) in [6, 6.07) is 16.1. The van der Waals surface area contributed by atoms with E-state index >= 15 is 0 Å². The molecule has 0 spiro atoms. The van der Waals surface area contributed by atoms with Gasteiger partial charge in [0.15, 0.2) is 0 Å². The predicted molar refractivity (Wildman–Crippen MR) is 202 cm³/mol. The summed E-state index contributed by atoms with van der Waals surface area (Å²) in [5.74, 6) is 1.74. The van der Waals surface area contributed by atoms with Crippen LogP contribution in [0.25, 0.3) is 33.6 Å². The van der Waals surface area contributed by atoms with Gasteiger partial charge in [-0.1, -0.05) is 75.7 Å². The van der Waals surface area contributed by atoms with Gasteiger partial charge in [0.05, 0.1) is 56.2 Å². The average Bonchev–Trinajstić information content (AvgIpc) is 4.03. The summed E-state index contributed by atoms with van der Waals surface area (Å²) in [6.07, 6.45) is 8.56. The number of rotatable bonds is 10. The maximum Gasteiger partial charge on any atom is 0.407 e. The lowest BCUT2D eigenvalue weighted by atomic mass is 9.93. The molecule has 12 heteroatoms. The summed E-state index contributed by atoms with van der Waals surface area (Å²) >= 11 is 0. The summed E-state index contributed by atoms with van der Waals surface area (Å²) < 4.78 is 10.4. The fourth-order valence-corrected chi connectivity index (χ4v) is 8.28. The number of ether oxygens (including phenoxy) is 2. The van der Waals surface area contributed by atoms with Gasteiger partial charge in [0.25, 0.3) is 0 Å². The van der Waals surface area contributed by atoms with Gasteiger partial charge in [0.2, 0.25) is 11.8 Å². The molecule has 280 valence electrons. The number of imidazole rings is 2. The molecule has 1 aliphatic carbocycles. The molecule has 12 nitrogen and oxygen atoms in total. The molecule has 7 rings (SSSR count). The molecule has 0 bridgehead atoms. The number of likely N-dealkylation sites (tertiary alicyclic amines) is 1. The molecule has 3 fully saturated rings. The number of hydrogen-bond acceptors (Lipinski definition) is 7. The van der Waals surface area contributed by atoms with Crippen molar-refractivity contribution in [1.82, 2.24) is 35.1 Å². The highest BCUT2D eigenvalue weighted by atomic mass is 16.5. The van der Waals surface area contributed by atoms with Crippen LogP contribution in [0.15, 0.2) is 60.9 Å². The van der Waals surface area contributed by atoms with E-state index in [4.69, 9.17) is 14.5 Å². The molecule has 4 heterocycles. The number of alkyl carbamates (subject to hydrolysis) is 1. The van der Waals surface area contributed by atoms with Crippen molar-refractivity contribution in [2.24, 2.45) is 11.8 Å². The Hall–Kier alpha value is -4.97. The van der Waals surface area contributed by atoms with Gasteiger partial charge < -0.3 is 34.6 Å². The number of hydrogen-bond donors (Lipinski definition) is 3. The molecule has 3 N–H and O–H groups in total. The Morgan fingerprint density at radius 2 is 1.47 bits per heavy atom. The van der Waals surface area contributed by atoms with E-state index in [2.05, 4.69) is 80.6 Å². The highest BCUT2D eigenvalue weighted by Gasteiger charge is 2.40. The van der Waals surface area contributed by atoms with Gasteiger partial charge in [-0.2, -0.15) is 0 Å². The Balaban J connectivity index is 0.997. The van der Waals surface area contributed by atoms with Gasteiger partial charge in [-0.15, -0.1) is 0 Å². The summed E-state index contributed by atoms with van der Waals surface area (Å²) in [7, 11) is 1.30. The van der Waals surface area contributed by atoms with Crippen LogP contribution in [0.5, 0.6) is 0 Å². The molecule has 5 atom stereocenters. The van der Waals surface area contributed by atoms with Crippen LogP contribution in [0.3, 0.4) is 0 Å². The number of morpholine rings is 1. The number of carbonyl (C=O) groups excluding carboxylic acids is 3. The quantitative estimate of drug-likeness (QED) is 0.165. The van der Waals surface area contributed by atoms with Crippen molar-refractivity contribution < 1.29 is 23.9 Å². The first-order valence-corrected chi connectivity index (χ1v) is 19.1. The van der Waals surface area contributed by atoms with Crippen molar-refractivity contribution in [2.45, 2.75) is 83.3 Å². The van der Waals surface area contributed by atoms with Crippen LogP contribution in [0.4, 0.5) is 4.79 Å². The van der Waals surface area contributed by atoms with Crippen LogP contribution in [0, 0.1) is 11.8 Å². The smallest absolute Gasteiger partial charge is 0.407 e. The Kier molecular flexibility index (Phi) is 11.0. The Morgan fingerprint density at radius 1 is 0.849 bits per heavy atom. The SMILES string of the molecule is CC[C@@H]1COCCN1C(=O)[C@@H]1CCC[C@H]1c1ncc(-c2ccc(-c3ccc(-c4cnc([C@@H]5CCCN5C(=O)[C@H](NC(=O)OC)C(C)C)[nH]4)cc3)cc2)[nH]1. The predicted octanol–water partition coefficient (Wildman–Crippen LogP) is 6.70. The fourth-order valence-electron chi connectivity index (χ4n) is 8.28. The van der Waals surface area contributed by atoms with E-state index in [1.165, 1.54) is 7.11 Å². The molecule has 2 aliphatic heterocycles. The van der Waals surface area contributed by atoms with Crippen LogP contribution in [-0.4, -0.2) is 93.1 Å². The molecule has 4 aromatic rings. The first-order valence-electron chi connectivity index (χ1n) is 19.1. The van der Waals surface area contributed by atoms with E-state index in [0.717, 1.165) is 83.8 Å². The first kappa shape index (κ1) is 36.4. The van der Waals surface area contributed by atoms with Crippen molar-refractivity contribution in [2.75, 3.05) is 33.4 Å². The second kappa shape index (κ2) is 16.0. The third-order valence-corrected chi connectivity index (χ3v) is 11.3. The van der Waals surface area contributed by atoms with Crippen LogP contribution in [-0.2, 0) is 19.1 Å². The van der Waals surface area contributed by atoms with Crippen molar-refractivity contribution in [3.8, 4) is 33.6 Å². The minimum absolute atomic E-state index is 0.0410. The number of nitrogens with zero attached hydrogens (tertiary/aromatic N) is 4. The molecule has 3 amide bonds. The van der Waals surface area contributed by atoms with Crippen LogP contribution < -0.4 is 5.32 Å². The van der Waals surface area contributed by atoms with Gasteiger partial charge in [0, 0.05) is 24.9 Å². The van der Waals surface area contributed by atoms with Crippen molar-refractivity contribution >= 4 is 17.9 Å². The number of amides is 3. The number of benzene rings is 2. The Morgan fingerprint density at radius 3 is 2.09 bits per heavy atom. The number of carbonyl (C=O) groups is 3. The highest BCUT2D eigenvalue weighted by Crippen LogP contribution is 2.41. The van der Waals surface area contributed by atoms with Crippen molar-refractivity contribution in [3.05, 3.63) is 72.6 Å². The topological polar surface area (TPSA) is 146 Å². The van der Waals surface area contributed by atoms with Gasteiger partial charge in [0.1, 0.15) is 17.7 Å². The van der Waals surface area contributed by atoms with Gasteiger partial charge in [-0.25, -0.2) is 14.8 Å². The lowest BCUT2D eigenvalue weighted by Gasteiger charge is -2.37. The minimum atomic E-state index is -0.674. The van der Waals surface area contributed by atoms with Crippen LogP contribution in [0.1, 0.15) is 82.9 Å². The van der Waals surface area contributed by atoms with Gasteiger partial charge in [-0.05, 0) is 60.3 Å². The largest absolute Gasteiger partial charge is 0.453 e. The molecular weight excluding hydrogens is 670 g/mol. The third kappa shape index (κ3) is 7.60. The molecular formula is C41H51N7O5. The summed E-state index contributed by atoms with van der Waals surface area (Å²) in [5, 5.41) is 2.70. The molecule has 0 unspecified atom stereocenters. The molecule has 1 saturated carbocycles. The van der Waals surface area contributed by atoms with E-state index in [1.54, 1.807) is 0 Å². The molecule has 2 aromatic carbocycles. The van der Waals surface area contributed by atoms with Crippen molar-refractivity contribution in [3.63, 3.8) is 0 Å². The molecule has 2 saturated heterocycles. The first-order chi connectivity index (χ1) is 25.7. The molecule has 53 heavy (non-hydrogen) atoms. The normalized spacial score (nSPS) is 22.3. The number of methoxy groups -OCH3 is 1. The number of H-pyrrole nitrogens is 2. The van der Waals surface area contributed by atoms with E-state index < -0.39 is 12.1 Å². The highest BCUT2D eigenvalue weighted by molar-refractivity contribution is 5.86. The van der Waals surface area contributed by atoms with Crippen LogP contribution in [0.2, 0.25) is 0 Å². The average molecular weight is 722 g/mol. The number of nitrogens with one attached hydrogen (secondary N) is 3. The zero-order chi connectivity index (χ0) is 37.1. The lowest BCUT2D eigenvalue weighted by Crippen LogP contribution is -2.51. The van der Waals surface area contributed by atoms with Crippen molar-refractivity contribution in [1.29, 1.82) is 0 Å². The lowest BCUT2D eigenvalue weighted by molar-refractivity contribution is -0.144. The van der Waals surface area contributed by atoms with E-state index in [-0.39, 0.29) is 41.7 Å². The third-order valence-electron chi connectivity index (χ3n) is 11.3. The minimum Gasteiger partial charge on any atom is -0.453 e. The maximum atomic E-state index is 13.7. The maximum absolute atomic E-state index is 13.7. The van der Waals surface area contributed by atoms with Gasteiger partial charge in [-0.3, -0.25) is 9.59 Å². The zero-order valence-electron chi connectivity index (χ0n) is 31.1. The molecule has 0 radical (unpaired) electrons. The summed E-state index contributed by atoms with van der Waals surface area (Å²) in [4.78, 5) is 59.5. The zero-order valence-corrected chi connectivity index (χ0v) is 31.1. The fraction of sp³-hybridized carbons (Fsp3) is 0.488. The summed E-state index contributed by atoms with van der Waals surface area (Å²) in [6.45, 7) is 8.46. The van der Waals surface area contributed by atoms with E-state index in [1.807, 2.05) is 31.1 Å². The second-order valence-corrected chi connectivity index (χ2v) is 14.9. The molecule has 3 aliphatic rings. The number of aromatic nitrogens is 4. The summed E-state index contributed by atoms with van der Waals surface area (Å²) in [5.41, 5.74) is 6.08. The second-order valence-electron chi connectivity index (χ2n) is 14.9. The van der Waals surface area contributed by atoms with E-state index in [9.17, 15) is 14.4 Å². The van der Waals surface area contributed by atoms with E-state index in [0.29, 0.717) is 26.3 Å². The number of aromatic amines is 2. The molecule has 2 aromatic heterocycles. The Bertz CT molecular complexity index is 1880.